The van der Waals surface area contributed by atoms with Crippen molar-refractivity contribution in [1.82, 2.24) is 4.98 Å². The largest absolute Gasteiger partial charge is 0.261 e. The molecule has 0 aliphatic carbocycles. The summed E-state index contributed by atoms with van der Waals surface area (Å²) in [4.78, 5) is 4.38. The van der Waals surface area contributed by atoms with Crippen molar-refractivity contribution in [2.45, 2.75) is 45.9 Å². The van der Waals surface area contributed by atoms with Crippen molar-refractivity contribution in [3.63, 3.8) is 0 Å². The monoisotopic (exact) mass is 225 g/mol. The lowest BCUT2D eigenvalue weighted by atomic mass is 9.83. The van der Waals surface area contributed by atoms with Gasteiger partial charge in [-0.15, -0.1) is 11.6 Å². The van der Waals surface area contributed by atoms with Crippen LogP contribution in [0.1, 0.15) is 38.4 Å². The van der Waals surface area contributed by atoms with E-state index in [0.717, 1.165) is 18.5 Å². The predicted molar refractivity (Wildman–Crippen MR) is 66.4 cm³/mol. The maximum Gasteiger partial charge on any atom is 0.0447 e. The molecule has 0 fully saturated rings. The van der Waals surface area contributed by atoms with Crippen molar-refractivity contribution >= 4 is 11.6 Å². The minimum absolute atomic E-state index is 0.149. The van der Waals surface area contributed by atoms with E-state index >= 15 is 0 Å². The van der Waals surface area contributed by atoms with Crippen LogP contribution in [-0.2, 0) is 6.42 Å². The van der Waals surface area contributed by atoms with Crippen LogP contribution in [0.15, 0.2) is 18.3 Å². The van der Waals surface area contributed by atoms with Crippen LogP contribution in [0.2, 0.25) is 0 Å². The molecule has 0 bridgehead atoms. The van der Waals surface area contributed by atoms with E-state index in [1.54, 1.807) is 0 Å². The first-order valence-corrected chi connectivity index (χ1v) is 5.95. The quantitative estimate of drug-likeness (QED) is 0.707. The molecule has 1 heterocycles. The van der Waals surface area contributed by atoms with Crippen LogP contribution in [0.4, 0.5) is 0 Å². The Bertz CT molecular complexity index is 320. The summed E-state index contributed by atoms with van der Waals surface area (Å²) in [6.07, 6.45) is 3.78. The van der Waals surface area contributed by atoms with Crippen molar-refractivity contribution in [2.24, 2.45) is 5.41 Å². The SMILES string of the molecule is CCC(C)(C)C(Cl)Cc1ncccc1C. The van der Waals surface area contributed by atoms with E-state index in [4.69, 9.17) is 11.6 Å². The molecule has 0 aliphatic heterocycles. The summed E-state index contributed by atoms with van der Waals surface area (Å²) in [6.45, 7) is 8.69. The number of aryl methyl sites for hydroxylation is 1. The number of rotatable bonds is 4. The molecule has 1 atom stereocenters. The molecule has 0 spiro atoms. The zero-order valence-corrected chi connectivity index (χ0v) is 10.8. The van der Waals surface area contributed by atoms with Gasteiger partial charge in [0.25, 0.3) is 0 Å². The average Bonchev–Trinajstić information content (AvgIpc) is 2.21. The number of aromatic nitrogens is 1. The van der Waals surface area contributed by atoms with E-state index in [-0.39, 0.29) is 10.8 Å². The summed E-state index contributed by atoms with van der Waals surface area (Å²) >= 11 is 6.44. The van der Waals surface area contributed by atoms with Gasteiger partial charge in [-0.2, -0.15) is 0 Å². The summed E-state index contributed by atoms with van der Waals surface area (Å²) in [6, 6.07) is 4.05. The van der Waals surface area contributed by atoms with E-state index in [2.05, 4.69) is 38.7 Å². The minimum Gasteiger partial charge on any atom is -0.261 e. The maximum absolute atomic E-state index is 6.44. The molecule has 1 aromatic rings. The van der Waals surface area contributed by atoms with Crippen LogP contribution < -0.4 is 0 Å². The first-order chi connectivity index (χ1) is 6.97. The Morgan fingerprint density at radius 3 is 2.67 bits per heavy atom. The van der Waals surface area contributed by atoms with Gasteiger partial charge in [0, 0.05) is 23.7 Å². The number of pyridine rings is 1. The van der Waals surface area contributed by atoms with E-state index in [0.29, 0.717) is 0 Å². The molecular weight excluding hydrogens is 206 g/mol. The molecule has 2 heteroatoms. The van der Waals surface area contributed by atoms with Crippen molar-refractivity contribution in [3.05, 3.63) is 29.6 Å². The molecule has 0 amide bonds. The van der Waals surface area contributed by atoms with Gasteiger partial charge in [0.1, 0.15) is 0 Å². The number of hydrogen-bond acceptors (Lipinski definition) is 1. The van der Waals surface area contributed by atoms with Gasteiger partial charge in [0.2, 0.25) is 0 Å². The van der Waals surface area contributed by atoms with Crippen molar-refractivity contribution in [3.8, 4) is 0 Å². The van der Waals surface area contributed by atoms with E-state index in [9.17, 15) is 0 Å². The lowest BCUT2D eigenvalue weighted by molar-refractivity contribution is 0.328. The van der Waals surface area contributed by atoms with Gasteiger partial charge in [-0.05, 0) is 30.4 Å². The highest BCUT2D eigenvalue weighted by molar-refractivity contribution is 6.21. The number of hydrogen-bond donors (Lipinski definition) is 0. The fourth-order valence-corrected chi connectivity index (χ4v) is 1.70. The van der Waals surface area contributed by atoms with Crippen molar-refractivity contribution in [1.29, 1.82) is 0 Å². The van der Waals surface area contributed by atoms with Gasteiger partial charge in [0.05, 0.1) is 0 Å². The molecule has 0 N–H and O–H groups in total. The van der Waals surface area contributed by atoms with Crippen LogP contribution in [-0.4, -0.2) is 10.4 Å². The van der Waals surface area contributed by atoms with Gasteiger partial charge in [-0.1, -0.05) is 26.8 Å². The summed E-state index contributed by atoms with van der Waals surface area (Å²) in [5.74, 6) is 0. The van der Waals surface area contributed by atoms with Crippen LogP contribution >= 0.6 is 11.6 Å². The second kappa shape index (κ2) is 4.98. The maximum atomic E-state index is 6.44. The van der Waals surface area contributed by atoms with Gasteiger partial charge in [-0.25, -0.2) is 0 Å². The molecule has 1 aromatic heterocycles. The van der Waals surface area contributed by atoms with Gasteiger partial charge in [-0.3, -0.25) is 4.98 Å². The number of halogens is 1. The van der Waals surface area contributed by atoms with Gasteiger partial charge >= 0.3 is 0 Å². The van der Waals surface area contributed by atoms with Crippen molar-refractivity contribution in [2.75, 3.05) is 0 Å². The Balaban J connectivity index is 2.75. The molecule has 1 unspecified atom stereocenters. The average molecular weight is 226 g/mol. The molecule has 1 nitrogen and oxygen atoms in total. The summed E-state index contributed by atoms with van der Waals surface area (Å²) in [5.41, 5.74) is 2.53. The van der Waals surface area contributed by atoms with Gasteiger partial charge < -0.3 is 0 Å². The third-order valence-corrected chi connectivity index (χ3v) is 3.99. The first kappa shape index (κ1) is 12.5. The fourth-order valence-electron chi connectivity index (χ4n) is 1.40. The third kappa shape index (κ3) is 3.20. The topological polar surface area (TPSA) is 12.9 Å². The summed E-state index contributed by atoms with van der Waals surface area (Å²) in [7, 11) is 0. The molecule has 0 saturated carbocycles. The second-order valence-corrected chi connectivity index (χ2v) is 5.31. The Morgan fingerprint density at radius 2 is 2.13 bits per heavy atom. The van der Waals surface area contributed by atoms with E-state index < -0.39 is 0 Å². The van der Waals surface area contributed by atoms with Crippen molar-refractivity contribution < 1.29 is 0 Å². The third-order valence-electron chi connectivity index (χ3n) is 3.25. The minimum atomic E-state index is 0.149. The molecule has 84 valence electrons. The fraction of sp³-hybridized carbons (Fsp3) is 0.615. The summed E-state index contributed by atoms with van der Waals surface area (Å²) in [5, 5.41) is 0.149. The smallest absolute Gasteiger partial charge is 0.0447 e. The summed E-state index contributed by atoms with van der Waals surface area (Å²) < 4.78 is 0. The zero-order chi connectivity index (χ0) is 11.5. The zero-order valence-electron chi connectivity index (χ0n) is 10.0. The Hall–Kier alpha value is -0.560. The predicted octanol–water partition coefficient (Wildman–Crippen LogP) is 3.98. The standard InChI is InChI=1S/C13H20ClN/c1-5-13(3,4)12(14)9-11-10(2)7-6-8-15-11/h6-8,12H,5,9H2,1-4H3. The molecule has 0 radical (unpaired) electrons. The van der Waals surface area contributed by atoms with Crippen LogP contribution in [0.25, 0.3) is 0 Å². The van der Waals surface area contributed by atoms with Crippen LogP contribution in [0.5, 0.6) is 0 Å². The van der Waals surface area contributed by atoms with Crippen LogP contribution in [0, 0.1) is 12.3 Å². The lowest BCUT2D eigenvalue weighted by Gasteiger charge is -2.28. The van der Waals surface area contributed by atoms with Gasteiger partial charge in [0.15, 0.2) is 0 Å². The molecule has 15 heavy (non-hydrogen) atoms. The molecule has 1 rings (SSSR count). The molecule has 0 aromatic carbocycles. The molecule has 0 saturated heterocycles. The van der Waals surface area contributed by atoms with Crippen LogP contribution in [0.3, 0.4) is 0 Å². The normalized spacial score (nSPS) is 13.9. The Labute approximate surface area is 97.9 Å². The molecule has 0 aliphatic rings. The highest BCUT2D eigenvalue weighted by atomic mass is 35.5. The molecular formula is C13H20ClN. The first-order valence-electron chi connectivity index (χ1n) is 5.52. The highest BCUT2D eigenvalue weighted by Crippen LogP contribution is 2.31. The number of nitrogens with zero attached hydrogens (tertiary/aromatic N) is 1. The second-order valence-electron chi connectivity index (χ2n) is 4.78. The Kier molecular flexibility index (Phi) is 4.15. The highest BCUT2D eigenvalue weighted by Gasteiger charge is 2.26. The van der Waals surface area contributed by atoms with E-state index in [1.807, 2.05) is 12.3 Å². The number of alkyl halides is 1. The lowest BCUT2D eigenvalue weighted by Crippen LogP contribution is -2.26. The Morgan fingerprint density at radius 1 is 1.47 bits per heavy atom. The van der Waals surface area contributed by atoms with E-state index in [1.165, 1.54) is 5.56 Å².